The third-order valence-electron chi connectivity index (χ3n) is 7.19. The van der Waals surface area contributed by atoms with Crippen molar-refractivity contribution in [3.05, 3.63) is 31.9 Å². The van der Waals surface area contributed by atoms with Crippen LogP contribution in [0.4, 0.5) is 5.82 Å². The lowest BCUT2D eigenvalue weighted by molar-refractivity contribution is -0.122. The number of hydrogen-bond donors (Lipinski definition) is 0. The molecule has 2 saturated heterocycles. The van der Waals surface area contributed by atoms with Gasteiger partial charge in [-0.25, -0.2) is 0 Å². The quantitative estimate of drug-likeness (QED) is 0.177. The van der Waals surface area contributed by atoms with Gasteiger partial charge in [0.2, 0.25) is 0 Å². The fourth-order valence-electron chi connectivity index (χ4n) is 5.23. The highest BCUT2D eigenvalue weighted by Gasteiger charge is 2.34. The molecular weight excluding hydrogens is 516 g/mol. The van der Waals surface area contributed by atoms with Crippen LogP contribution >= 0.6 is 24.0 Å². The first-order valence-electron chi connectivity index (χ1n) is 14.1. The van der Waals surface area contributed by atoms with Crippen molar-refractivity contribution in [3.63, 3.8) is 0 Å². The van der Waals surface area contributed by atoms with E-state index in [0.717, 1.165) is 37.1 Å². The number of thioether (sulfide) groups is 1. The van der Waals surface area contributed by atoms with Crippen LogP contribution in [0.5, 0.6) is 0 Å². The number of hydrogen-bond acceptors (Lipinski definition) is 7. The molecule has 38 heavy (non-hydrogen) atoms. The van der Waals surface area contributed by atoms with Gasteiger partial charge in [0.1, 0.15) is 21.8 Å². The summed E-state index contributed by atoms with van der Waals surface area (Å²) in [6.07, 6.45) is 10.5. The molecule has 0 aromatic carbocycles. The van der Waals surface area contributed by atoms with Crippen molar-refractivity contribution in [2.75, 3.05) is 24.5 Å². The molecule has 3 heterocycles. The molecule has 208 valence electrons. The molecule has 0 spiro atoms. The molecule has 0 saturated carbocycles. The molecule has 1 aromatic rings. The summed E-state index contributed by atoms with van der Waals surface area (Å²) in [7, 11) is 0. The molecule has 0 aliphatic carbocycles. The fourth-order valence-corrected chi connectivity index (χ4v) is 6.52. The van der Waals surface area contributed by atoms with E-state index < -0.39 is 0 Å². The van der Waals surface area contributed by atoms with Gasteiger partial charge in [-0.1, -0.05) is 76.4 Å². The Morgan fingerprint density at radius 2 is 1.66 bits per heavy atom. The summed E-state index contributed by atoms with van der Waals surface area (Å²) in [6, 6.07) is 2.14. The lowest BCUT2D eigenvalue weighted by Gasteiger charge is -2.39. The number of ether oxygens (including phenoxy) is 1. The van der Waals surface area contributed by atoms with E-state index in [1.165, 1.54) is 37.4 Å². The van der Waals surface area contributed by atoms with E-state index >= 15 is 0 Å². The average molecular weight is 559 g/mol. The predicted octanol–water partition coefficient (Wildman–Crippen LogP) is 6.00. The van der Waals surface area contributed by atoms with Crippen molar-refractivity contribution in [2.45, 2.75) is 105 Å². The molecule has 0 radical (unpaired) electrons. The maximum atomic E-state index is 13.5. The Morgan fingerprint density at radius 1 is 1.03 bits per heavy atom. The van der Waals surface area contributed by atoms with Gasteiger partial charge in [0.05, 0.1) is 17.1 Å². The van der Waals surface area contributed by atoms with Crippen LogP contribution in [-0.2, 0) is 16.1 Å². The Morgan fingerprint density at radius 3 is 2.29 bits per heavy atom. The van der Waals surface area contributed by atoms with Crippen molar-refractivity contribution in [3.8, 4) is 6.07 Å². The van der Waals surface area contributed by atoms with Crippen LogP contribution < -0.4 is 10.5 Å². The first-order valence-corrected chi connectivity index (χ1v) is 15.3. The highest BCUT2D eigenvalue weighted by atomic mass is 32.2. The molecule has 7 nitrogen and oxygen atoms in total. The van der Waals surface area contributed by atoms with Gasteiger partial charge in [0.15, 0.2) is 0 Å². The molecule has 2 fully saturated rings. The van der Waals surface area contributed by atoms with Gasteiger partial charge < -0.3 is 9.64 Å². The number of pyridine rings is 1. The molecule has 2 aliphatic heterocycles. The van der Waals surface area contributed by atoms with E-state index in [1.54, 1.807) is 9.47 Å². The zero-order valence-corrected chi connectivity index (χ0v) is 25.2. The molecule has 1 aromatic heterocycles. The van der Waals surface area contributed by atoms with Crippen LogP contribution in [0.15, 0.2) is 9.70 Å². The summed E-state index contributed by atoms with van der Waals surface area (Å²) in [5, 5.41) is 9.91. The van der Waals surface area contributed by atoms with E-state index in [2.05, 4.69) is 24.8 Å². The molecule has 2 unspecified atom stereocenters. The topological polar surface area (TPSA) is 78.6 Å². The van der Waals surface area contributed by atoms with Gasteiger partial charge in [0.25, 0.3) is 11.5 Å². The Labute approximate surface area is 237 Å². The Hall–Kier alpha value is -2.15. The van der Waals surface area contributed by atoms with Crippen LogP contribution in [0.2, 0.25) is 0 Å². The minimum absolute atomic E-state index is 0.00665. The van der Waals surface area contributed by atoms with Crippen LogP contribution in [0, 0.1) is 18.3 Å². The summed E-state index contributed by atoms with van der Waals surface area (Å²) in [4.78, 5) is 31.4. The zero-order chi connectivity index (χ0) is 27.8. The zero-order valence-electron chi connectivity index (χ0n) is 23.5. The maximum Gasteiger partial charge on any atom is 0.270 e. The number of nitrogens with zero attached hydrogens (tertiary/aromatic N) is 4. The molecule has 2 aliphatic rings. The van der Waals surface area contributed by atoms with Crippen molar-refractivity contribution >= 4 is 46.1 Å². The molecule has 1 amide bonds. The maximum absolute atomic E-state index is 13.5. The first-order chi connectivity index (χ1) is 18.2. The van der Waals surface area contributed by atoms with Gasteiger partial charge in [-0.05, 0) is 45.3 Å². The molecular formula is C29H42N4O3S2. The number of rotatable bonds is 12. The summed E-state index contributed by atoms with van der Waals surface area (Å²) in [5.74, 6) is 0.676. The van der Waals surface area contributed by atoms with E-state index in [4.69, 9.17) is 17.0 Å². The Bertz CT molecular complexity index is 1140. The number of carbonyl (C=O) groups excluding carboxylic acids is 1. The van der Waals surface area contributed by atoms with E-state index in [-0.39, 0.29) is 29.2 Å². The van der Waals surface area contributed by atoms with Gasteiger partial charge in [0, 0.05) is 31.7 Å². The van der Waals surface area contributed by atoms with Crippen molar-refractivity contribution in [1.82, 2.24) is 9.47 Å². The molecule has 0 bridgehead atoms. The first kappa shape index (κ1) is 30.4. The Kier molecular flexibility index (Phi) is 11.4. The van der Waals surface area contributed by atoms with Crippen LogP contribution in [0.25, 0.3) is 6.08 Å². The number of amides is 1. The molecule has 3 rings (SSSR count). The second kappa shape index (κ2) is 14.3. The van der Waals surface area contributed by atoms with Gasteiger partial charge in [-0.2, -0.15) is 5.26 Å². The normalized spacial score (nSPS) is 21.0. The summed E-state index contributed by atoms with van der Waals surface area (Å²) < 4.78 is 8.28. The number of anilines is 1. The number of aromatic nitrogens is 1. The predicted molar refractivity (Wildman–Crippen MR) is 161 cm³/mol. The lowest BCUT2D eigenvalue weighted by atomic mass is 10.0. The van der Waals surface area contributed by atoms with Crippen LogP contribution in [-0.4, -0.2) is 51.5 Å². The highest BCUT2D eigenvalue weighted by Crippen LogP contribution is 2.36. The summed E-state index contributed by atoms with van der Waals surface area (Å²) >= 11 is 6.91. The minimum atomic E-state index is -0.270. The molecule has 2 atom stereocenters. The van der Waals surface area contributed by atoms with E-state index in [9.17, 15) is 14.9 Å². The molecule has 0 N–H and O–H groups in total. The smallest absolute Gasteiger partial charge is 0.270 e. The third kappa shape index (κ3) is 7.08. The Balaban J connectivity index is 2.02. The summed E-state index contributed by atoms with van der Waals surface area (Å²) in [6.45, 7) is 12.5. The summed E-state index contributed by atoms with van der Waals surface area (Å²) in [5.41, 5.74) is 1.22. The SMILES string of the molecule is CCCCCCCCN1C(=O)/C(=C/c2c(C)c(C#N)c(=O)n(CCCC)c2N2CC(C)OC(C)C2)SC1=S. The number of nitriles is 1. The monoisotopic (exact) mass is 558 g/mol. The molecule has 9 heteroatoms. The lowest BCUT2D eigenvalue weighted by Crippen LogP contribution is -2.48. The minimum Gasteiger partial charge on any atom is -0.372 e. The van der Waals surface area contributed by atoms with Crippen molar-refractivity contribution < 1.29 is 9.53 Å². The van der Waals surface area contributed by atoms with Gasteiger partial charge in [-0.3, -0.25) is 19.1 Å². The largest absolute Gasteiger partial charge is 0.372 e. The number of morpholine rings is 1. The van der Waals surface area contributed by atoms with Gasteiger partial charge >= 0.3 is 0 Å². The second-order valence-electron chi connectivity index (χ2n) is 10.4. The number of carbonyl (C=O) groups is 1. The fraction of sp³-hybridized carbons (Fsp3) is 0.655. The highest BCUT2D eigenvalue weighted by molar-refractivity contribution is 8.26. The number of thiocarbonyl (C=S) groups is 1. The average Bonchev–Trinajstić information content (AvgIpc) is 3.13. The van der Waals surface area contributed by atoms with E-state index in [0.29, 0.717) is 41.0 Å². The van der Waals surface area contributed by atoms with Crippen LogP contribution in [0.1, 0.15) is 95.8 Å². The van der Waals surface area contributed by atoms with Crippen molar-refractivity contribution in [2.24, 2.45) is 0 Å². The third-order valence-corrected chi connectivity index (χ3v) is 8.56. The van der Waals surface area contributed by atoms with Crippen molar-refractivity contribution in [1.29, 1.82) is 5.26 Å². The van der Waals surface area contributed by atoms with Crippen LogP contribution in [0.3, 0.4) is 0 Å². The number of unbranched alkanes of at least 4 members (excludes halogenated alkanes) is 6. The second-order valence-corrected chi connectivity index (χ2v) is 12.1. The van der Waals surface area contributed by atoms with Gasteiger partial charge in [-0.15, -0.1) is 0 Å². The standard InChI is InChI=1S/C29H42N4O3S2/c1-6-8-10-11-12-13-15-33-28(35)25(38-29(33)37)16-23-22(5)24(17-30)27(34)32(14-9-7-2)26(23)31-18-20(3)36-21(4)19-31/h16,20-21H,6-15,18-19H2,1-5H3/b25-16-. The van der Waals surface area contributed by atoms with E-state index in [1.807, 2.05) is 26.8 Å².